The topological polar surface area (TPSA) is 38.0 Å². The van der Waals surface area contributed by atoms with E-state index in [-0.39, 0.29) is 5.82 Å². The van der Waals surface area contributed by atoms with Gasteiger partial charge < -0.3 is 11.1 Å². The van der Waals surface area contributed by atoms with E-state index in [2.05, 4.69) is 27.9 Å². The largest absolute Gasteiger partial charge is 0.397 e. The predicted molar refractivity (Wildman–Crippen MR) is 78.0 cm³/mol. The number of hydrogen-bond donors (Lipinski definition) is 2. The molecule has 17 heavy (non-hydrogen) atoms. The Morgan fingerprint density at radius 3 is 2.59 bits per heavy atom. The molecule has 88 valence electrons. The van der Waals surface area contributed by atoms with Crippen LogP contribution in [0, 0.1) is 16.3 Å². The molecule has 0 saturated carbocycles. The van der Waals surface area contributed by atoms with Crippen LogP contribution in [0.4, 0.5) is 21.5 Å². The van der Waals surface area contributed by atoms with Crippen LogP contribution in [0.2, 0.25) is 0 Å². The lowest BCUT2D eigenvalue weighted by Crippen LogP contribution is -1.99. The van der Waals surface area contributed by atoms with Gasteiger partial charge in [0.2, 0.25) is 0 Å². The Balaban J connectivity index is 2.37. The molecule has 0 spiro atoms. The van der Waals surface area contributed by atoms with Crippen molar-refractivity contribution in [2.24, 2.45) is 0 Å². The second kappa shape index (κ2) is 4.91. The summed E-state index contributed by atoms with van der Waals surface area (Å²) in [5.74, 6) is -0.282. The molecule has 0 heterocycles. The lowest BCUT2D eigenvalue weighted by atomic mass is 10.1. The smallest absolute Gasteiger partial charge is 0.128 e. The molecule has 0 aliphatic heterocycles. The molecule has 3 N–H and O–H groups in total. The highest BCUT2D eigenvalue weighted by atomic mass is 127. The van der Waals surface area contributed by atoms with Crippen LogP contribution < -0.4 is 11.1 Å². The molecular formula is C13H12FIN2. The van der Waals surface area contributed by atoms with Crippen molar-refractivity contribution in [1.29, 1.82) is 0 Å². The van der Waals surface area contributed by atoms with E-state index in [1.54, 1.807) is 13.0 Å². The summed E-state index contributed by atoms with van der Waals surface area (Å²) in [6.07, 6.45) is 0. The monoisotopic (exact) mass is 342 g/mol. The fourth-order valence-corrected chi connectivity index (χ4v) is 2.04. The molecule has 2 nitrogen and oxygen atoms in total. The van der Waals surface area contributed by atoms with Gasteiger partial charge in [-0.25, -0.2) is 4.39 Å². The molecule has 0 aliphatic carbocycles. The predicted octanol–water partition coefficient (Wildman–Crippen LogP) is 4.06. The van der Waals surface area contributed by atoms with Crippen LogP contribution in [0.5, 0.6) is 0 Å². The fraction of sp³-hybridized carbons (Fsp3) is 0.0769. The molecule has 0 radical (unpaired) electrons. The number of anilines is 3. The third-order valence-electron chi connectivity index (χ3n) is 2.47. The fourth-order valence-electron chi connectivity index (χ4n) is 1.51. The van der Waals surface area contributed by atoms with E-state index >= 15 is 0 Å². The summed E-state index contributed by atoms with van der Waals surface area (Å²) in [6.45, 7) is 1.72. The number of hydrogen-bond acceptors (Lipinski definition) is 2. The van der Waals surface area contributed by atoms with Gasteiger partial charge in [0.1, 0.15) is 5.82 Å². The van der Waals surface area contributed by atoms with Crippen LogP contribution in [0.25, 0.3) is 0 Å². The summed E-state index contributed by atoms with van der Waals surface area (Å²) in [5.41, 5.74) is 8.46. The first-order valence-corrected chi connectivity index (χ1v) is 6.23. The molecule has 0 amide bonds. The zero-order chi connectivity index (χ0) is 12.4. The number of nitrogens with two attached hydrogens (primary N) is 1. The number of rotatable bonds is 2. The van der Waals surface area contributed by atoms with Crippen molar-refractivity contribution in [3.05, 3.63) is 51.3 Å². The van der Waals surface area contributed by atoms with E-state index in [9.17, 15) is 4.39 Å². The molecule has 4 heteroatoms. The number of aryl methyl sites for hydroxylation is 1. The lowest BCUT2D eigenvalue weighted by Gasteiger charge is -2.12. The normalized spacial score (nSPS) is 10.3. The standard InChI is InChI=1S/C13H12FIN2/c1-8-6-13(11(16)7-9(8)14)17-12-5-3-2-4-10(12)15/h2-7,17H,16H2,1H3. The van der Waals surface area contributed by atoms with Gasteiger partial charge in [0.05, 0.1) is 17.1 Å². The highest BCUT2D eigenvalue weighted by molar-refractivity contribution is 14.1. The van der Waals surface area contributed by atoms with Crippen LogP contribution >= 0.6 is 22.6 Å². The summed E-state index contributed by atoms with van der Waals surface area (Å²) in [6, 6.07) is 10.9. The lowest BCUT2D eigenvalue weighted by molar-refractivity contribution is 0.619. The highest BCUT2D eigenvalue weighted by Gasteiger charge is 2.06. The number of halogens is 2. The van der Waals surface area contributed by atoms with Crippen molar-refractivity contribution in [3.63, 3.8) is 0 Å². The van der Waals surface area contributed by atoms with Crippen LogP contribution in [-0.4, -0.2) is 0 Å². The Morgan fingerprint density at radius 2 is 1.88 bits per heavy atom. The molecule has 0 saturated heterocycles. The van der Waals surface area contributed by atoms with E-state index in [4.69, 9.17) is 5.73 Å². The highest BCUT2D eigenvalue weighted by Crippen LogP contribution is 2.28. The number of nitrogens with one attached hydrogen (secondary N) is 1. The first-order chi connectivity index (χ1) is 8.08. The van der Waals surface area contributed by atoms with Crippen molar-refractivity contribution in [2.75, 3.05) is 11.1 Å². The van der Waals surface area contributed by atoms with Gasteiger partial charge in [-0.15, -0.1) is 0 Å². The van der Waals surface area contributed by atoms with Crippen molar-refractivity contribution in [2.45, 2.75) is 6.92 Å². The summed E-state index contributed by atoms with van der Waals surface area (Å²) < 4.78 is 14.4. The molecule has 2 rings (SSSR count). The van der Waals surface area contributed by atoms with E-state index in [0.29, 0.717) is 11.3 Å². The van der Waals surface area contributed by atoms with Crippen LogP contribution in [-0.2, 0) is 0 Å². The van der Waals surface area contributed by atoms with Crippen LogP contribution in [0.1, 0.15) is 5.56 Å². The molecule has 0 atom stereocenters. The van der Waals surface area contributed by atoms with Crippen LogP contribution in [0.15, 0.2) is 36.4 Å². The Hall–Kier alpha value is -1.30. The van der Waals surface area contributed by atoms with Gasteiger partial charge in [0.25, 0.3) is 0 Å². The second-order valence-corrected chi connectivity index (χ2v) is 4.96. The van der Waals surface area contributed by atoms with Gasteiger partial charge in [0.15, 0.2) is 0 Å². The molecular weight excluding hydrogens is 330 g/mol. The van der Waals surface area contributed by atoms with Crippen molar-refractivity contribution in [3.8, 4) is 0 Å². The minimum absolute atomic E-state index is 0.282. The van der Waals surface area contributed by atoms with Gasteiger partial charge in [-0.2, -0.15) is 0 Å². The van der Waals surface area contributed by atoms with Gasteiger partial charge >= 0.3 is 0 Å². The molecule has 2 aromatic carbocycles. The Bertz CT molecular complexity index is 555. The first kappa shape index (κ1) is 12.2. The van der Waals surface area contributed by atoms with Gasteiger partial charge in [-0.05, 0) is 59.3 Å². The van der Waals surface area contributed by atoms with E-state index in [1.807, 2.05) is 24.3 Å². The van der Waals surface area contributed by atoms with Gasteiger partial charge in [-0.3, -0.25) is 0 Å². The van der Waals surface area contributed by atoms with Gasteiger partial charge in [-0.1, -0.05) is 12.1 Å². The number of benzene rings is 2. The van der Waals surface area contributed by atoms with Gasteiger partial charge in [0, 0.05) is 3.57 Å². The second-order valence-electron chi connectivity index (χ2n) is 3.79. The summed E-state index contributed by atoms with van der Waals surface area (Å²) in [4.78, 5) is 0. The minimum atomic E-state index is -0.282. The number of para-hydroxylation sites is 1. The third kappa shape index (κ3) is 2.69. The Labute approximate surface area is 113 Å². The van der Waals surface area contributed by atoms with Crippen molar-refractivity contribution < 1.29 is 4.39 Å². The zero-order valence-corrected chi connectivity index (χ0v) is 11.5. The molecule has 0 aromatic heterocycles. The maximum absolute atomic E-state index is 13.3. The Kier molecular flexibility index (Phi) is 3.51. The molecule has 2 aromatic rings. The van der Waals surface area contributed by atoms with E-state index < -0.39 is 0 Å². The summed E-state index contributed by atoms with van der Waals surface area (Å²) in [5, 5.41) is 3.21. The maximum Gasteiger partial charge on any atom is 0.128 e. The van der Waals surface area contributed by atoms with Crippen LogP contribution in [0.3, 0.4) is 0 Å². The van der Waals surface area contributed by atoms with Crippen molar-refractivity contribution in [1.82, 2.24) is 0 Å². The summed E-state index contributed by atoms with van der Waals surface area (Å²) in [7, 11) is 0. The van der Waals surface area contributed by atoms with Crippen molar-refractivity contribution >= 4 is 39.7 Å². The van der Waals surface area contributed by atoms with E-state index in [0.717, 1.165) is 14.9 Å². The SMILES string of the molecule is Cc1cc(Nc2ccccc2I)c(N)cc1F. The van der Waals surface area contributed by atoms with E-state index in [1.165, 1.54) is 6.07 Å². The molecule has 0 unspecified atom stereocenters. The maximum atomic E-state index is 13.3. The number of nitrogen functional groups attached to an aromatic ring is 1. The Morgan fingerprint density at radius 1 is 1.18 bits per heavy atom. The summed E-state index contributed by atoms with van der Waals surface area (Å²) >= 11 is 2.24. The first-order valence-electron chi connectivity index (χ1n) is 5.15. The molecule has 0 fully saturated rings. The zero-order valence-electron chi connectivity index (χ0n) is 9.30. The molecule has 0 bridgehead atoms. The molecule has 0 aliphatic rings. The average molecular weight is 342 g/mol. The quantitative estimate of drug-likeness (QED) is 0.638. The third-order valence-corrected chi connectivity index (χ3v) is 3.41. The average Bonchev–Trinajstić information content (AvgIpc) is 2.29. The minimum Gasteiger partial charge on any atom is -0.397 e.